The van der Waals surface area contributed by atoms with Crippen LogP contribution < -0.4 is 4.74 Å². The second-order valence-electron chi connectivity index (χ2n) is 8.86. The molecule has 4 rings (SSSR count). The Bertz CT molecular complexity index is 1110. The van der Waals surface area contributed by atoms with Crippen LogP contribution >= 0.6 is 0 Å². The molecule has 196 valence electrons. The molecule has 1 N–H and O–H groups in total. The average molecular weight is 507 g/mol. The summed E-state index contributed by atoms with van der Waals surface area (Å²) in [4.78, 5) is 0. The van der Waals surface area contributed by atoms with Gasteiger partial charge in [-0.15, -0.1) is 0 Å². The van der Waals surface area contributed by atoms with Crippen LogP contribution in [-0.4, -0.2) is 51.0 Å². The van der Waals surface area contributed by atoms with Crippen LogP contribution in [0.4, 0.5) is 4.39 Å². The van der Waals surface area contributed by atoms with Crippen molar-refractivity contribution >= 4 is 11.1 Å². The fourth-order valence-electron chi connectivity index (χ4n) is 4.44. The fraction of sp³-hybridized carbons (Fsp3) is 0.355. The Labute approximate surface area is 218 Å². The maximum absolute atomic E-state index is 13.7. The first-order valence-electron chi connectivity index (χ1n) is 12.9. The number of hydrogen-bond donors (Lipinski definition) is 1. The molecule has 1 saturated heterocycles. The van der Waals surface area contributed by atoms with E-state index in [9.17, 15) is 9.50 Å². The van der Waals surface area contributed by atoms with Gasteiger partial charge in [0.05, 0.1) is 19.8 Å². The molecule has 0 aromatic heterocycles. The monoisotopic (exact) mass is 506 g/mol. The van der Waals surface area contributed by atoms with Crippen LogP contribution in [0.15, 0.2) is 78.9 Å². The van der Waals surface area contributed by atoms with Crippen molar-refractivity contribution < 1.29 is 28.4 Å². The van der Waals surface area contributed by atoms with Crippen molar-refractivity contribution in [2.45, 2.75) is 32.0 Å². The van der Waals surface area contributed by atoms with Crippen molar-refractivity contribution in [1.29, 1.82) is 0 Å². The minimum atomic E-state index is -0.291. The first-order valence-corrected chi connectivity index (χ1v) is 12.9. The van der Waals surface area contributed by atoms with Crippen LogP contribution in [-0.2, 0) is 14.2 Å². The molecule has 3 aromatic rings. The summed E-state index contributed by atoms with van der Waals surface area (Å²) in [5, 5.41) is 9.87. The molecule has 1 aliphatic heterocycles. The van der Waals surface area contributed by atoms with Crippen LogP contribution in [0.1, 0.15) is 42.4 Å². The van der Waals surface area contributed by atoms with Crippen molar-refractivity contribution in [3.05, 3.63) is 101 Å². The Kier molecular flexibility index (Phi) is 10.7. The van der Waals surface area contributed by atoms with E-state index < -0.39 is 0 Å². The summed E-state index contributed by atoms with van der Waals surface area (Å²) in [6.45, 7) is 2.60. The molecule has 0 aliphatic carbocycles. The lowest BCUT2D eigenvalue weighted by atomic mass is 9.88. The smallest absolute Gasteiger partial charge is 0.157 e. The third-order valence-corrected chi connectivity index (χ3v) is 6.21. The zero-order valence-electron chi connectivity index (χ0n) is 21.1. The summed E-state index contributed by atoms with van der Waals surface area (Å²) < 4.78 is 36.6. The van der Waals surface area contributed by atoms with Crippen molar-refractivity contribution in [3.63, 3.8) is 0 Å². The molecule has 0 amide bonds. The highest BCUT2D eigenvalue weighted by atomic mass is 19.1. The van der Waals surface area contributed by atoms with Gasteiger partial charge in [0, 0.05) is 13.2 Å². The van der Waals surface area contributed by atoms with E-state index in [2.05, 4.69) is 0 Å². The molecular weight excluding hydrogens is 471 g/mol. The van der Waals surface area contributed by atoms with Gasteiger partial charge >= 0.3 is 0 Å². The highest BCUT2D eigenvalue weighted by molar-refractivity contribution is 5.98. The highest BCUT2D eigenvalue weighted by Gasteiger charge is 2.15. The largest absolute Gasteiger partial charge is 0.491 e. The molecule has 37 heavy (non-hydrogen) atoms. The fourth-order valence-corrected chi connectivity index (χ4v) is 4.44. The summed E-state index contributed by atoms with van der Waals surface area (Å²) in [7, 11) is 0. The lowest BCUT2D eigenvalue weighted by molar-refractivity contribution is -0.169. The molecule has 1 atom stereocenters. The van der Waals surface area contributed by atoms with Gasteiger partial charge in [0.25, 0.3) is 0 Å². The molecule has 0 saturated carbocycles. The molecular formula is C31H35FO5. The van der Waals surface area contributed by atoms with Crippen molar-refractivity contribution in [2.24, 2.45) is 0 Å². The van der Waals surface area contributed by atoms with E-state index in [1.54, 1.807) is 12.1 Å². The normalized spacial score (nSPS) is 16.3. The standard InChI is InChI=1S/C31H35FO5/c32-27-14-12-25(13-15-27)31(29(16-17-33)24-7-2-1-3-8-24)26-9-6-10-28(23-26)35-21-19-34-20-22-37-30-11-4-5-18-36-30/h1-3,6-10,12-15,23,30,33H,4-5,11,16-22H2. The predicted octanol–water partition coefficient (Wildman–Crippen LogP) is 6.11. The molecule has 1 aliphatic rings. The van der Waals surface area contributed by atoms with E-state index in [-0.39, 0.29) is 18.7 Å². The van der Waals surface area contributed by atoms with E-state index in [0.29, 0.717) is 38.6 Å². The maximum atomic E-state index is 13.7. The molecule has 0 spiro atoms. The minimum Gasteiger partial charge on any atom is -0.491 e. The Hall–Kier alpha value is -3.03. The number of rotatable bonds is 13. The summed E-state index contributed by atoms with van der Waals surface area (Å²) in [5.41, 5.74) is 4.73. The molecule has 0 bridgehead atoms. The van der Waals surface area contributed by atoms with Crippen LogP contribution in [0, 0.1) is 5.82 Å². The molecule has 5 nitrogen and oxygen atoms in total. The van der Waals surface area contributed by atoms with Gasteiger partial charge in [-0.25, -0.2) is 4.39 Å². The first kappa shape index (κ1) is 27.0. The first-order chi connectivity index (χ1) is 18.2. The number of aliphatic hydroxyl groups excluding tert-OH is 1. The molecule has 1 fully saturated rings. The second kappa shape index (κ2) is 14.6. The number of hydrogen-bond acceptors (Lipinski definition) is 5. The Balaban J connectivity index is 1.44. The van der Waals surface area contributed by atoms with Gasteiger partial charge in [0.15, 0.2) is 6.29 Å². The summed E-state index contributed by atoms with van der Waals surface area (Å²) >= 11 is 0. The van der Waals surface area contributed by atoms with Gasteiger partial charge in [-0.3, -0.25) is 0 Å². The molecule has 3 aromatic carbocycles. The SMILES string of the molecule is OCCC(=C(c1ccc(F)cc1)c1cccc(OCCOCCOC2CCCCO2)c1)c1ccccc1. The molecule has 6 heteroatoms. The van der Waals surface area contributed by atoms with E-state index in [4.69, 9.17) is 18.9 Å². The zero-order valence-corrected chi connectivity index (χ0v) is 21.1. The third-order valence-electron chi connectivity index (χ3n) is 6.21. The number of aliphatic hydroxyl groups is 1. The average Bonchev–Trinajstić information content (AvgIpc) is 2.94. The predicted molar refractivity (Wildman–Crippen MR) is 143 cm³/mol. The van der Waals surface area contributed by atoms with E-state index in [1.165, 1.54) is 12.1 Å². The number of benzene rings is 3. The van der Waals surface area contributed by atoms with E-state index in [0.717, 1.165) is 53.7 Å². The van der Waals surface area contributed by atoms with Gasteiger partial charge in [0.2, 0.25) is 0 Å². The maximum Gasteiger partial charge on any atom is 0.157 e. The molecule has 1 heterocycles. The van der Waals surface area contributed by atoms with E-state index >= 15 is 0 Å². The van der Waals surface area contributed by atoms with Crippen LogP contribution in [0.25, 0.3) is 11.1 Å². The lowest BCUT2D eigenvalue weighted by Gasteiger charge is -2.22. The van der Waals surface area contributed by atoms with Gasteiger partial charge in [0.1, 0.15) is 18.2 Å². The number of ether oxygens (including phenoxy) is 4. The van der Waals surface area contributed by atoms with Crippen LogP contribution in [0.2, 0.25) is 0 Å². The summed E-state index contributed by atoms with van der Waals surface area (Å²) in [6.07, 6.45) is 3.54. The van der Waals surface area contributed by atoms with Crippen LogP contribution in [0.5, 0.6) is 5.75 Å². The summed E-state index contributed by atoms with van der Waals surface area (Å²) in [6, 6.07) is 24.2. The Morgan fingerprint density at radius 3 is 2.38 bits per heavy atom. The molecule has 0 radical (unpaired) electrons. The minimum absolute atomic E-state index is 0.000955. The van der Waals surface area contributed by atoms with Crippen molar-refractivity contribution in [2.75, 3.05) is 39.6 Å². The van der Waals surface area contributed by atoms with Gasteiger partial charge in [-0.1, -0.05) is 54.6 Å². The van der Waals surface area contributed by atoms with E-state index in [1.807, 2.05) is 54.6 Å². The quantitative estimate of drug-likeness (QED) is 0.224. The lowest BCUT2D eigenvalue weighted by Crippen LogP contribution is -2.24. The second-order valence-corrected chi connectivity index (χ2v) is 8.86. The summed E-state index contributed by atoms with van der Waals surface area (Å²) in [5.74, 6) is 0.421. The number of halogens is 1. The third kappa shape index (κ3) is 8.23. The topological polar surface area (TPSA) is 57.2 Å². The molecule has 1 unspecified atom stereocenters. The van der Waals surface area contributed by atoms with Crippen molar-refractivity contribution in [1.82, 2.24) is 0 Å². The highest BCUT2D eigenvalue weighted by Crippen LogP contribution is 2.35. The van der Waals surface area contributed by atoms with Crippen molar-refractivity contribution in [3.8, 4) is 5.75 Å². The van der Waals surface area contributed by atoms with Crippen LogP contribution in [0.3, 0.4) is 0 Å². The zero-order chi connectivity index (χ0) is 25.7. The Morgan fingerprint density at radius 2 is 1.62 bits per heavy atom. The van der Waals surface area contributed by atoms with Gasteiger partial charge in [-0.2, -0.15) is 0 Å². The Morgan fingerprint density at radius 1 is 0.838 bits per heavy atom. The van der Waals surface area contributed by atoms with Gasteiger partial charge < -0.3 is 24.1 Å². The van der Waals surface area contributed by atoms with Gasteiger partial charge in [-0.05, 0) is 77.8 Å².